The molecule has 146 valence electrons. The second-order valence-electron chi connectivity index (χ2n) is 6.08. The lowest BCUT2D eigenvalue weighted by Crippen LogP contribution is -2.21. The van der Waals surface area contributed by atoms with Crippen LogP contribution in [0.3, 0.4) is 0 Å². The zero-order valence-electron chi connectivity index (χ0n) is 15.3. The Labute approximate surface area is 163 Å². The van der Waals surface area contributed by atoms with Gasteiger partial charge in [0.2, 0.25) is 11.7 Å². The van der Waals surface area contributed by atoms with Gasteiger partial charge >= 0.3 is 0 Å². The molecule has 0 bridgehead atoms. The fraction of sp³-hybridized carbons (Fsp3) is 0.158. The van der Waals surface area contributed by atoms with Gasteiger partial charge in [0, 0.05) is 12.1 Å². The Balaban J connectivity index is 1.67. The van der Waals surface area contributed by atoms with Crippen molar-refractivity contribution < 1.29 is 14.2 Å². The number of fused-ring (bicyclic) bond motifs is 1. The molecule has 0 aliphatic heterocycles. The molecule has 0 aliphatic rings. The summed E-state index contributed by atoms with van der Waals surface area (Å²) in [6.45, 7) is 2.35. The van der Waals surface area contributed by atoms with E-state index in [2.05, 4.69) is 15.1 Å². The molecule has 4 rings (SSSR count). The summed E-state index contributed by atoms with van der Waals surface area (Å²) in [6, 6.07) is 11.2. The first-order chi connectivity index (χ1) is 14.1. The normalized spacial score (nSPS) is 10.9. The van der Waals surface area contributed by atoms with Crippen LogP contribution in [0, 0.1) is 10.1 Å². The van der Waals surface area contributed by atoms with Gasteiger partial charge in [0.15, 0.2) is 0 Å². The van der Waals surface area contributed by atoms with Crippen molar-refractivity contribution in [1.29, 1.82) is 0 Å². The van der Waals surface area contributed by atoms with Crippen LogP contribution in [0.1, 0.15) is 12.8 Å². The minimum Gasteiger partial charge on any atom is -0.493 e. The minimum atomic E-state index is -0.559. The quantitative estimate of drug-likeness (QED) is 0.361. The lowest BCUT2D eigenvalue weighted by Gasteiger charge is -2.06. The van der Waals surface area contributed by atoms with Crippen LogP contribution in [0.25, 0.3) is 22.3 Å². The van der Waals surface area contributed by atoms with Gasteiger partial charge in [-0.25, -0.2) is 4.98 Å². The van der Waals surface area contributed by atoms with Crippen LogP contribution in [0.5, 0.6) is 5.75 Å². The molecule has 0 N–H and O–H groups in total. The van der Waals surface area contributed by atoms with Crippen molar-refractivity contribution in [3.8, 4) is 17.1 Å². The van der Waals surface area contributed by atoms with Gasteiger partial charge in [0.25, 0.3) is 11.2 Å². The molecule has 10 nitrogen and oxygen atoms in total. The number of aromatic nitrogens is 4. The lowest BCUT2D eigenvalue weighted by atomic mass is 10.2. The number of nitrogens with zero attached hydrogens (tertiary/aromatic N) is 5. The van der Waals surface area contributed by atoms with E-state index in [0.29, 0.717) is 29.3 Å². The molecule has 2 aromatic carbocycles. The first kappa shape index (κ1) is 18.3. The molecule has 2 aromatic heterocycles. The van der Waals surface area contributed by atoms with Gasteiger partial charge in [-0.15, -0.1) is 0 Å². The van der Waals surface area contributed by atoms with Crippen molar-refractivity contribution >= 4 is 16.6 Å². The Hall–Kier alpha value is -4.08. The average molecular weight is 393 g/mol. The number of nitro benzene ring substituents is 1. The highest BCUT2D eigenvalue weighted by Gasteiger charge is 2.15. The van der Waals surface area contributed by atoms with Crippen molar-refractivity contribution in [2.45, 2.75) is 13.5 Å². The van der Waals surface area contributed by atoms with Gasteiger partial charge < -0.3 is 9.26 Å². The predicted octanol–water partition coefficient (Wildman–Crippen LogP) is 2.80. The van der Waals surface area contributed by atoms with Gasteiger partial charge in [-0.05, 0) is 25.1 Å². The third-order valence-corrected chi connectivity index (χ3v) is 4.22. The lowest BCUT2D eigenvalue weighted by molar-refractivity contribution is -0.384. The monoisotopic (exact) mass is 393 g/mol. The van der Waals surface area contributed by atoms with Crippen LogP contribution in [0.4, 0.5) is 5.69 Å². The molecular weight excluding hydrogens is 378 g/mol. The fourth-order valence-corrected chi connectivity index (χ4v) is 2.88. The molecule has 0 radical (unpaired) electrons. The van der Waals surface area contributed by atoms with Crippen molar-refractivity contribution in [2.75, 3.05) is 6.61 Å². The maximum Gasteiger partial charge on any atom is 0.270 e. The third kappa shape index (κ3) is 3.55. The van der Waals surface area contributed by atoms with Gasteiger partial charge in [-0.1, -0.05) is 17.3 Å². The fourth-order valence-electron chi connectivity index (χ4n) is 2.88. The van der Waals surface area contributed by atoms with E-state index in [4.69, 9.17) is 9.26 Å². The molecule has 0 aliphatic carbocycles. The molecule has 4 aromatic rings. The van der Waals surface area contributed by atoms with E-state index < -0.39 is 10.5 Å². The van der Waals surface area contributed by atoms with Crippen molar-refractivity contribution in [3.63, 3.8) is 0 Å². The second kappa shape index (κ2) is 7.50. The van der Waals surface area contributed by atoms with E-state index >= 15 is 0 Å². The molecule has 0 amide bonds. The Morgan fingerprint density at radius 3 is 2.86 bits per heavy atom. The van der Waals surface area contributed by atoms with E-state index in [0.717, 1.165) is 0 Å². The van der Waals surface area contributed by atoms with Crippen LogP contribution >= 0.6 is 0 Å². The largest absolute Gasteiger partial charge is 0.493 e. The topological polar surface area (TPSA) is 126 Å². The minimum absolute atomic E-state index is 0.0196. The van der Waals surface area contributed by atoms with Crippen LogP contribution in [0.2, 0.25) is 0 Å². The molecule has 0 atom stereocenters. The average Bonchev–Trinajstić information content (AvgIpc) is 3.19. The van der Waals surface area contributed by atoms with Crippen LogP contribution < -0.4 is 10.3 Å². The van der Waals surface area contributed by atoms with E-state index in [-0.39, 0.29) is 23.5 Å². The van der Waals surface area contributed by atoms with Crippen molar-refractivity contribution in [1.82, 2.24) is 19.7 Å². The Kier molecular flexibility index (Phi) is 4.73. The van der Waals surface area contributed by atoms with Gasteiger partial charge in [-0.3, -0.25) is 19.5 Å². The van der Waals surface area contributed by atoms with Gasteiger partial charge in [0.1, 0.15) is 12.3 Å². The Bertz CT molecular complexity index is 1260. The maximum atomic E-state index is 12.7. The number of nitro groups is 1. The van der Waals surface area contributed by atoms with E-state index in [1.807, 2.05) is 25.1 Å². The second-order valence-corrected chi connectivity index (χ2v) is 6.08. The molecule has 2 heterocycles. The SMILES string of the molecule is CCOc1ccccc1-c1noc(Cn2cnc3ccc([N+](=O)[O-])cc3c2=O)n1. The molecule has 29 heavy (non-hydrogen) atoms. The molecule has 0 fully saturated rings. The first-order valence-corrected chi connectivity index (χ1v) is 8.75. The smallest absolute Gasteiger partial charge is 0.270 e. The number of rotatable bonds is 6. The van der Waals surface area contributed by atoms with Gasteiger partial charge in [0.05, 0.1) is 34.3 Å². The Morgan fingerprint density at radius 2 is 2.07 bits per heavy atom. The summed E-state index contributed by atoms with van der Waals surface area (Å²) in [5.41, 5.74) is 0.424. The van der Waals surface area contributed by atoms with E-state index in [1.165, 1.54) is 29.1 Å². The highest BCUT2D eigenvalue weighted by atomic mass is 16.6. The molecule has 10 heteroatoms. The van der Waals surface area contributed by atoms with Crippen molar-refractivity contribution in [2.24, 2.45) is 0 Å². The third-order valence-electron chi connectivity index (χ3n) is 4.22. The van der Waals surface area contributed by atoms with Gasteiger partial charge in [-0.2, -0.15) is 4.98 Å². The number of benzene rings is 2. The number of hydrogen-bond donors (Lipinski definition) is 0. The standard InChI is InChI=1S/C19H15N5O5/c1-2-28-16-6-4-3-5-13(16)18-21-17(29-22-18)10-23-11-20-15-8-7-12(24(26)27)9-14(15)19(23)25/h3-9,11H,2,10H2,1H3. The Morgan fingerprint density at radius 1 is 1.24 bits per heavy atom. The van der Waals surface area contributed by atoms with Crippen molar-refractivity contribution in [3.05, 3.63) is 75.2 Å². The van der Waals surface area contributed by atoms with Crippen LogP contribution in [-0.4, -0.2) is 31.2 Å². The summed E-state index contributed by atoms with van der Waals surface area (Å²) < 4.78 is 12.1. The molecule has 0 saturated carbocycles. The predicted molar refractivity (Wildman–Crippen MR) is 103 cm³/mol. The van der Waals surface area contributed by atoms with E-state index in [1.54, 1.807) is 6.07 Å². The molecule has 0 spiro atoms. The summed E-state index contributed by atoms with van der Waals surface area (Å²) >= 11 is 0. The number of hydrogen-bond acceptors (Lipinski definition) is 8. The van der Waals surface area contributed by atoms with E-state index in [9.17, 15) is 14.9 Å². The summed E-state index contributed by atoms with van der Waals surface area (Å²) in [6.07, 6.45) is 1.34. The highest BCUT2D eigenvalue weighted by Crippen LogP contribution is 2.27. The first-order valence-electron chi connectivity index (χ1n) is 8.75. The maximum absolute atomic E-state index is 12.7. The number of ether oxygens (including phenoxy) is 1. The summed E-state index contributed by atoms with van der Waals surface area (Å²) in [7, 11) is 0. The van der Waals surface area contributed by atoms with Crippen LogP contribution in [-0.2, 0) is 6.54 Å². The zero-order valence-corrected chi connectivity index (χ0v) is 15.3. The number of para-hydroxylation sites is 1. The molecular formula is C19H15N5O5. The zero-order chi connectivity index (χ0) is 20.4. The highest BCUT2D eigenvalue weighted by molar-refractivity contribution is 5.79. The summed E-state index contributed by atoms with van der Waals surface area (Å²) in [4.78, 5) is 31.6. The van der Waals surface area contributed by atoms with Crippen LogP contribution in [0.15, 0.2) is 58.1 Å². The summed E-state index contributed by atoms with van der Waals surface area (Å²) in [5.74, 6) is 1.15. The molecule has 0 unspecified atom stereocenters. The number of non-ortho nitro benzene ring substituents is 1. The summed E-state index contributed by atoms with van der Waals surface area (Å²) in [5, 5.41) is 15.1. The molecule has 0 saturated heterocycles.